The molecular weight excluding hydrogens is 334 g/mol. The van der Waals surface area contributed by atoms with Crippen LogP contribution in [0.15, 0.2) is 30.3 Å². The van der Waals surface area contributed by atoms with Gasteiger partial charge in [0.15, 0.2) is 0 Å². The van der Waals surface area contributed by atoms with Gasteiger partial charge < -0.3 is 5.32 Å². The Kier molecular flexibility index (Phi) is 5.56. The highest BCUT2D eigenvalue weighted by Gasteiger charge is 2.54. The fourth-order valence-electron chi connectivity index (χ4n) is 4.27. The first-order valence-corrected chi connectivity index (χ1v) is 9.15. The van der Waals surface area contributed by atoms with Crippen LogP contribution in [-0.2, 0) is 16.0 Å². The molecule has 7 heteroatoms. The average Bonchev–Trinajstić information content (AvgIpc) is 2.94. The largest absolute Gasteiger partial charge is 0.322 e. The quantitative estimate of drug-likeness (QED) is 0.300. The monoisotopic (exact) mass is 359 g/mol. The average molecular weight is 359 g/mol. The predicted octanol–water partition coefficient (Wildman–Crippen LogP) is 1.99. The molecule has 140 valence electrons. The Bertz CT molecular complexity index is 660. The van der Waals surface area contributed by atoms with Crippen LogP contribution in [0.3, 0.4) is 0 Å². The first kappa shape index (κ1) is 18.4. The van der Waals surface area contributed by atoms with E-state index in [0.29, 0.717) is 17.9 Å². The number of urea groups is 1. The molecule has 1 aliphatic heterocycles. The van der Waals surface area contributed by atoms with Gasteiger partial charge in [-0.25, -0.2) is 9.86 Å². The van der Waals surface area contributed by atoms with Gasteiger partial charge in [0.2, 0.25) is 6.41 Å². The number of amides is 4. The second kappa shape index (κ2) is 7.86. The second-order valence-electron chi connectivity index (χ2n) is 7.28. The van der Waals surface area contributed by atoms with E-state index in [1.165, 1.54) is 6.42 Å². The van der Waals surface area contributed by atoms with E-state index in [1.807, 2.05) is 30.3 Å². The summed E-state index contributed by atoms with van der Waals surface area (Å²) in [6.45, 7) is 0. The summed E-state index contributed by atoms with van der Waals surface area (Å²) in [6.07, 6.45) is 6.30. The highest BCUT2D eigenvalue weighted by molar-refractivity contribution is 6.07. The maximum absolute atomic E-state index is 12.8. The number of hydroxylamine groups is 2. The molecule has 1 aromatic rings. The highest BCUT2D eigenvalue weighted by Crippen LogP contribution is 2.35. The molecule has 1 unspecified atom stereocenters. The van der Waals surface area contributed by atoms with E-state index in [-0.39, 0.29) is 12.3 Å². The van der Waals surface area contributed by atoms with E-state index in [1.54, 1.807) is 0 Å². The molecule has 1 heterocycles. The van der Waals surface area contributed by atoms with Crippen molar-refractivity contribution in [1.29, 1.82) is 0 Å². The summed E-state index contributed by atoms with van der Waals surface area (Å²) in [6, 6.07) is 7.87. The van der Waals surface area contributed by atoms with Crippen LogP contribution in [0.4, 0.5) is 4.79 Å². The lowest BCUT2D eigenvalue weighted by Crippen LogP contribution is -2.63. The minimum atomic E-state index is -1.33. The first-order valence-electron chi connectivity index (χ1n) is 9.15. The molecule has 1 saturated heterocycles. The van der Waals surface area contributed by atoms with Gasteiger partial charge in [-0.1, -0.05) is 62.4 Å². The molecule has 26 heavy (non-hydrogen) atoms. The van der Waals surface area contributed by atoms with E-state index < -0.39 is 23.5 Å². The van der Waals surface area contributed by atoms with Crippen molar-refractivity contribution < 1.29 is 19.6 Å². The van der Waals surface area contributed by atoms with Crippen molar-refractivity contribution in [2.75, 3.05) is 0 Å². The van der Waals surface area contributed by atoms with Gasteiger partial charge in [-0.3, -0.25) is 20.1 Å². The number of carbonyl (C=O) groups is 3. The van der Waals surface area contributed by atoms with Crippen LogP contribution < -0.4 is 10.6 Å². The van der Waals surface area contributed by atoms with Gasteiger partial charge in [0.05, 0.1) is 6.04 Å². The predicted molar refractivity (Wildman–Crippen MR) is 94.2 cm³/mol. The van der Waals surface area contributed by atoms with Gasteiger partial charge in [0, 0.05) is 0 Å². The van der Waals surface area contributed by atoms with Crippen molar-refractivity contribution >= 4 is 18.3 Å². The highest BCUT2D eigenvalue weighted by atomic mass is 16.5. The molecule has 2 fully saturated rings. The first-order chi connectivity index (χ1) is 12.5. The molecule has 0 radical (unpaired) electrons. The van der Waals surface area contributed by atoms with Crippen molar-refractivity contribution in [2.24, 2.45) is 5.92 Å². The van der Waals surface area contributed by atoms with Gasteiger partial charge in [0.1, 0.15) is 5.54 Å². The minimum Gasteiger partial charge on any atom is -0.321 e. The Balaban J connectivity index is 1.94. The number of benzene rings is 1. The smallest absolute Gasteiger partial charge is 0.321 e. The number of hydrogen-bond donors (Lipinski definition) is 3. The van der Waals surface area contributed by atoms with Crippen LogP contribution in [0, 0.1) is 5.92 Å². The van der Waals surface area contributed by atoms with Crippen LogP contribution in [0.5, 0.6) is 0 Å². The van der Waals surface area contributed by atoms with Gasteiger partial charge >= 0.3 is 6.03 Å². The zero-order chi connectivity index (χ0) is 18.6. The SMILES string of the molecule is O=CN(O)[C@@H](Cc1ccccc1)C1(CC2CCCCC2)NC(=O)NC1=O. The summed E-state index contributed by atoms with van der Waals surface area (Å²) in [4.78, 5) is 36.1. The van der Waals surface area contributed by atoms with Crippen molar-refractivity contribution in [3.8, 4) is 0 Å². The summed E-state index contributed by atoms with van der Waals surface area (Å²) in [5, 5.41) is 15.8. The molecule has 2 atom stereocenters. The number of nitrogens with one attached hydrogen (secondary N) is 2. The third-order valence-corrected chi connectivity index (χ3v) is 5.57. The lowest BCUT2D eigenvalue weighted by atomic mass is 9.74. The standard InChI is InChI=1S/C19H25N3O4/c23-13-22(26)16(11-14-7-3-1-4-8-14)19(17(24)20-18(25)21-19)12-15-9-5-2-6-10-15/h1,3-4,7-8,13,15-16,26H,2,5-6,9-12H2,(H2,20,21,24,25)/t16-,19?/m0/s1. The molecule has 7 nitrogen and oxygen atoms in total. The Morgan fingerprint density at radius 1 is 1.19 bits per heavy atom. The van der Waals surface area contributed by atoms with Crippen molar-refractivity contribution in [3.05, 3.63) is 35.9 Å². The molecule has 3 N–H and O–H groups in total. The lowest BCUT2D eigenvalue weighted by Gasteiger charge is -2.40. The van der Waals surface area contributed by atoms with Crippen molar-refractivity contribution in [1.82, 2.24) is 15.7 Å². The molecule has 4 amide bonds. The summed E-state index contributed by atoms with van der Waals surface area (Å²) in [5.74, 6) is -0.207. The molecule has 1 aromatic carbocycles. The lowest BCUT2D eigenvalue weighted by molar-refractivity contribution is -0.171. The molecular formula is C19H25N3O4. The maximum Gasteiger partial charge on any atom is 0.322 e. The maximum atomic E-state index is 12.8. The summed E-state index contributed by atoms with van der Waals surface area (Å²) in [7, 11) is 0. The van der Waals surface area contributed by atoms with Crippen molar-refractivity contribution in [3.63, 3.8) is 0 Å². The number of nitrogens with zero attached hydrogens (tertiary/aromatic N) is 1. The van der Waals surface area contributed by atoms with E-state index in [9.17, 15) is 19.6 Å². The van der Waals surface area contributed by atoms with Crippen LogP contribution in [0.2, 0.25) is 0 Å². The number of hydrogen-bond acceptors (Lipinski definition) is 4. The fraction of sp³-hybridized carbons (Fsp3) is 0.526. The van der Waals surface area contributed by atoms with Crippen LogP contribution in [0.25, 0.3) is 0 Å². The second-order valence-corrected chi connectivity index (χ2v) is 7.28. The third kappa shape index (κ3) is 3.72. The number of carbonyl (C=O) groups excluding carboxylic acids is 3. The summed E-state index contributed by atoms with van der Waals surface area (Å²) in [5.41, 5.74) is -0.458. The summed E-state index contributed by atoms with van der Waals surface area (Å²) < 4.78 is 0. The Morgan fingerprint density at radius 2 is 1.88 bits per heavy atom. The fourth-order valence-corrected chi connectivity index (χ4v) is 4.27. The number of rotatable bonds is 7. The normalized spacial score (nSPS) is 24.7. The topological polar surface area (TPSA) is 98.7 Å². The van der Waals surface area contributed by atoms with E-state index >= 15 is 0 Å². The van der Waals surface area contributed by atoms with E-state index in [4.69, 9.17) is 0 Å². The Morgan fingerprint density at radius 3 is 2.46 bits per heavy atom. The molecule has 0 spiro atoms. The van der Waals surface area contributed by atoms with Crippen LogP contribution in [-0.4, -0.2) is 40.2 Å². The van der Waals surface area contributed by atoms with Gasteiger partial charge in [-0.05, 0) is 24.3 Å². The van der Waals surface area contributed by atoms with Gasteiger partial charge in [-0.15, -0.1) is 0 Å². The van der Waals surface area contributed by atoms with Crippen LogP contribution >= 0.6 is 0 Å². The van der Waals surface area contributed by atoms with Gasteiger partial charge in [0.25, 0.3) is 5.91 Å². The molecule has 1 saturated carbocycles. The summed E-state index contributed by atoms with van der Waals surface area (Å²) >= 11 is 0. The molecule has 2 aliphatic rings. The number of imide groups is 1. The van der Waals surface area contributed by atoms with Crippen molar-refractivity contribution in [2.45, 2.75) is 56.5 Å². The van der Waals surface area contributed by atoms with Gasteiger partial charge in [-0.2, -0.15) is 0 Å². The third-order valence-electron chi connectivity index (χ3n) is 5.57. The molecule has 0 aromatic heterocycles. The zero-order valence-electron chi connectivity index (χ0n) is 14.7. The Hall–Kier alpha value is -2.41. The van der Waals surface area contributed by atoms with Crippen LogP contribution in [0.1, 0.15) is 44.1 Å². The minimum absolute atomic E-state index is 0.260. The van der Waals surface area contributed by atoms with E-state index in [2.05, 4.69) is 10.6 Å². The zero-order valence-corrected chi connectivity index (χ0v) is 14.7. The molecule has 0 bridgehead atoms. The van der Waals surface area contributed by atoms with E-state index in [0.717, 1.165) is 31.2 Å². The molecule has 1 aliphatic carbocycles. The Labute approximate surface area is 152 Å². The molecule has 3 rings (SSSR count).